The Labute approximate surface area is 264 Å². The lowest BCUT2D eigenvalue weighted by Crippen LogP contribution is -2.44. The summed E-state index contributed by atoms with van der Waals surface area (Å²) in [6.07, 6.45) is 14.7. The third-order valence-corrected chi connectivity index (χ3v) is 10.1. The van der Waals surface area contributed by atoms with E-state index >= 15 is 0 Å². The van der Waals surface area contributed by atoms with Gasteiger partial charge >= 0.3 is 5.97 Å². The van der Waals surface area contributed by atoms with Crippen molar-refractivity contribution in [2.75, 3.05) is 26.1 Å². The van der Waals surface area contributed by atoms with Crippen LogP contribution in [0.15, 0.2) is 52.4 Å². The zero-order chi connectivity index (χ0) is 31.2. The monoisotopic (exact) mass is 677 g/mol. The number of carbonyl (C=O) groups is 2. The highest BCUT2D eigenvalue weighted by Crippen LogP contribution is 2.33. The Balaban J connectivity index is 1.49. The summed E-state index contributed by atoms with van der Waals surface area (Å²) in [5.41, 5.74) is 0.771. The third kappa shape index (κ3) is 9.79. The van der Waals surface area contributed by atoms with Gasteiger partial charge in [-0.2, -0.15) is 0 Å². The second kappa shape index (κ2) is 17.4. The van der Waals surface area contributed by atoms with Crippen molar-refractivity contribution < 1.29 is 27.5 Å². The van der Waals surface area contributed by atoms with Gasteiger partial charge in [-0.3, -0.25) is 9.10 Å². The van der Waals surface area contributed by atoms with Gasteiger partial charge in [-0.05, 0) is 36.8 Å². The Kier molecular flexibility index (Phi) is 14.0. The first-order valence-electron chi connectivity index (χ1n) is 15.2. The Morgan fingerprint density at radius 2 is 1.53 bits per heavy atom. The number of rotatable bonds is 18. The van der Waals surface area contributed by atoms with E-state index in [-0.39, 0.29) is 27.7 Å². The number of para-hydroxylation sites is 1. The van der Waals surface area contributed by atoms with Crippen molar-refractivity contribution in [1.29, 1.82) is 0 Å². The summed E-state index contributed by atoms with van der Waals surface area (Å²) >= 11 is 3.30. The number of hydrogen-bond acceptors (Lipinski definition) is 7. The summed E-state index contributed by atoms with van der Waals surface area (Å²) in [6.45, 7) is 2.57. The number of esters is 1. The van der Waals surface area contributed by atoms with Gasteiger partial charge in [0.05, 0.1) is 30.7 Å². The van der Waals surface area contributed by atoms with Gasteiger partial charge in [0.25, 0.3) is 10.0 Å². The molecule has 0 spiro atoms. The van der Waals surface area contributed by atoms with Gasteiger partial charge in [0.15, 0.2) is 4.83 Å². The largest absolute Gasteiger partial charge is 0.495 e. The second-order valence-corrected chi connectivity index (χ2v) is 13.6. The molecule has 2 aromatic rings. The first kappa shape index (κ1) is 34.6. The summed E-state index contributed by atoms with van der Waals surface area (Å²) in [6, 6.07) is 11.0. The third-order valence-electron chi connectivity index (χ3n) is 7.44. The van der Waals surface area contributed by atoms with Crippen molar-refractivity contribution in [1.82, 2.24) is 4.31 Å². The van der Waals surface area contributed by atoms with E-state index in [1.807, 2.05) is 0 Å². The van der Waals surface area contributed by atoms with Gasteiger partial charge < -0.3 is 14.8 Å². The molecule has 0 aromatic heterocycles. The molecule has 0 radical (unpaired) electrons. The zero-order valence-corrected chi connectivity index (χ0v) is 27.8. The normalized spacial score (nSPS) is 14.4. The molecule has 9 nitrogen and oxygen atoms in total. The standard InChI is InChI=1S/C32H44BrN3O6S/c1-4-5-6-7-8-9-10-11-12-13-14-17-22-42-32(38)24-20-21-27(41-3)26(23-24)35-31(37)29(33)30-34-25-18-15-16-19-28(25)43(39,40)36(30)2/h15-16,18-21,23,29H,4-14,17,22H2,1-3H3,(H,35,37). The van der Waals surface area contributed by atoms with E-state index in [1.54, 1.807) is 30.3 Å². The maximum Gasteiger partial charge on any atom is 0.338 e. The van der Waals surface area contributed by atoms with Crippen LogP contribution in [-0.2, 0) is 19.6 Å². The molecule has 1 atom stereocenters. The molecule has 0 fully saturated rings. The van der Waals surface area contributed by atoms with E-state index in [4.69, 9.17) is 9.47 Å². The topological polar surface area (TPSA) is 114 Å². The number of nitrogens with zero attached hydrogens (tertiary/aromatic N) is 2. The Morgan fingerprint density at radius 1 is 0.930 bits per heavy atom. The smallest absolute Gasteiger partial charge is 0.338 e. The highest BCUT2D eigenvalue weighted by atomic mass is 79.9. The van der Waals surface area contributed by atoms with Crippen LogP contribution in [0.4, 0.5) is 11.4 Å². The number of halogens is 1. The summed E-state index contributed by atoms with van der Waals surface area (Å²) < 4.78 is 37.8. The van der Waals surface area contributed by atoms with Gasteiger partial charge in [-0.1, -0.05) is 106 Å². The second-order valence-electron chi connectivity index (χ2n) is 10.7. The molecule has 1 aliphatic heterocycles. The predicted octanol–water partition coefficient (Wildman–Crippen LogP) is 7.62. The van der Waals surface area contributed by atoms with Crippen molar-refractivity contribution in [2.45, 2.75) is 93.7 Å². The maximum atomic E-state index is 13.2. The number of fused-ring (bicyclic) bond motifs is 1. The highest BCUT2D eigenvalue weighted by molar-refractivity contribution is 9.10. The van der Waals surface area contributed by atoms with Crippen molar-refractivity contribution in [2.24, 2.45) is 4.99 Å². The van der Waals surface area contributed by atoms with Crippen molar-refractivity contribution in [3.8, 4) is 5.75 Å². The molecule has 0 saturated carbocycles. The molecular formula is C32H44BrN3O6S. The number of ether oxygens (including phenoxy) is 2. The van der Waals surface area contributed by atoms with Crippen LogP contribution in [0, 0.1) is 0 Å². The van der Waals surface area contributed by atoms with Crippen LogP contribution in [0.25, 0.3) is 0 Å². The van der Waals surface area contributed by atoms with E-state index in [1.165, 1.54) is 84.1 Å². The minimum Gasteiger partial charge on any atom is -0.495 e. The van der Waals surface area contributed by atoms with Crippen LogP contribution < -0.4 is 10.1 Å². The average molecular weight is 679 g/mol. The fourth-order valence-electron chi connectivity index (χ4n) is 4.89. The quantitative estimate of drug-likeness (QED) is 0.0986. The lowest BCUT2D eigenvalue weighted by Gasteiger charge is -2.28. The van der Waals surface area contributed by atoms with Gasteiger partial charge in [0.1, 0.15) is 16.5 Å². The van der Waals surface area contributed by atoms with Gasteiger partial charge in [-0.25, -0.2) is 18.2 Å². The van der Waals surface area contributed by atoms with Crippen LogP contribution in [0.3, 0.4) is 0 Å². The lowest BCUT2D eigenvalue weighted by atomic mass is 10.1. The molecule has 0 saturated heterocycles. The maximum absolute atomic E-state index is 13.2. The number of anilines is 1. The zero-order valence-electron chi connectivity index (χ0n) is 25.4. The average Bonchev–Trinajstić information content (AvgIpc) is 3.00. The number of carbonyl (C=O) groups excluding carboxylic acids is 2. The minimum atomic E-state index is -3.87. The number of methoxy groups -OCH3 is 1. The molecule has 43 heavy (non-hydrogen) atoms. The van der Waals surface area contributed by atoms with Crippen molar-refractivity contribution in [3.05, 3.63) is 48.0 Å². The minimum absolute atomic E-state index is 0.00754. The van der Waals surface area contributed by atoms with Crippen LogP contribution in [0.2, 0.25) is 0 Å². The molecule has 0 bridgehead atoms. The number of aliphatic imine (C=N–C) groups is 1. The fourth-order valence-corrected chi connectivity index (χ4v) is 6.86. The van der Waals surface area contributed by atoms with Gasteiger partial charge in [0, 0.05) is 7.05 Å². The van der Waals surface area contributed by atoms with Gasteiger partial charge in [-0.15, -0.1) is 0 Å². The van der Waals surface area contributed by atoms with E-state index in [0.29, 0.717) is 12.4 Å². The van der Waals surface area contributed by atoms with E-state index in [0.717, 1.165) is 23.6 Å². The van der Waals surface area contributed by atoms with E-state index in [9.17, 15) is 18.0 Å². The first-order chi connectivity index (χ1) is 20.7. The highest BCUT2D eigenvalue weighted by Gasteiger charge is 2.37. The predicted molar refractivity (Wildman–Crippen MR) is 174 cm³/mol. The number of hydrogen-bond donors (Lipinski definition) is 1. The van der Waals surface area contributed by atoms with Crippen LogP contribution in [0.1, 0.15) is 94.3 Å². The number of sulfonamides is 1. The Hall–Kier alpha value is -2.92. The van der Waals surface area contributed by atoms with Gasteiger partial charge in [0.2, 0.25) is 5.91 Å². The first-order valence-corrected chi connectivity index (χ1v) is 17.5. The molecule has 0 aliphatic carbocycles. The molecule has 3 rings (SSSR count). The number of unbranched alkanes of at least 4 members (excludes halogenated alkanes) is 11. The number of amides is 1. The number of alkyl halides is 1. The summed E-state index contributed by atoms with van der Waals surface area (Å²) in [5, 5.41) is 2.72. The lowest BCUT2D eigenvalue weighted by molar-refractivity contribution is -0.114. The molecule has 1 unspecified atom stereocenters. The molecule has 1 amide bonds. The molecule has 2 aromatic carbocycles. The Morgan fingerprint density at radius 3 is 2.16 bits per heavy atom. The molecule has 1 aliphatic rings. The fraction of sp³-hybridized carbons (Fsp3) is 0.531. The van der Waals surface area contributed by atoms with Crippen molar-refractivity contribution >= 4 is 55.0 Å². The number of benzene rings is 2. The van der Waals surface area contributed by atoms with Crippen LogP contribution >= 0.6 is 15.9 Å². The molecular weight excluding hydrogens is 634 g/mol. The molecule has 1 heterocycles. The SMILES string of the molecule is CCCCCCCCCCCCCCOC(=O)c1ccc(OC)c(NC(=O)C(Br)C2=Nc3ccccc3S(=O)(=O)N2C)c1. The van der Waals surface area contributed by atoms with E-state index < -0.39 is 26.7 Å². The van der Waals surface area contributed by atoms with Crippen LogP contribution in [-0.4, -0.2) is 56.0 Å². The van der Waals surface area contributed by atoms with E-state index in [2.05, 4.69) is 33.2 Å². The molecule has 1 N–H and O–H groups in total. The van der Waals surface area contributed by atoms with Crippen molar-refractivity contribution in [3.63, 3.8) is 0 Å². The Bertz CT molecular complexity index is 1360. The summed E-state index contributed by atoms with van der Waals surface area (Å²) in [4.78, 5) is 29.3. The molecule has 236 valence electrons. The molecule has 11 heteroatoms. The number of nitrogens with one attached hydrogen (secondary N) is 1. The van der Waals surface area contributed by atoms with Crippen LogP contribution in [0.5, 0.6) is 5.75 Å². The summed E-state index contributed by atoms with van der Waals surface area (Å²) in [5.74, 6) is -0.730. The number of amidine groups is 1. The summed E-state index contributed by atoms with van der Waals surface area (Å²) in [7, 11) is -1.07.